The van der Waals surface area contributed by atoms with E-state index < -0.39 is 6.10 Å². The van der Waals surface area contributed by atoms with Gasteiger partial charge in [-0.05, 0) is 89.9 Å². The van der Waals surface area contributed by atoms with Crippen molar-refractivity contribution >= 4 is 17.9 Å². The van der Waals surface area contributed by atoms with Gasteiger partial charge in [-0.1, -0.05) is 254 Å². The number of ether oxygens (including phenoxy) is 3. The Hall–Kier alpha value is -3.15. The van der Waals surface area contributed by atoms with Crippen LogP contribution in [0, 0.1) is 0 Å². The molecule has 0 rings (SSSR count). The largest absolute Gasteiger partial charge is 0.462 e. The summed E-state index contributed by atoms with van der Waals surface area (Å²) in [7, 11) is 0. The fourth-order valence-electron chi connectivity index (χ4n) is 8.29. The molecule has 0 N–H and O–H groups in total. The molecule has 0 bridgehead atoms. The molecule has 398 valence electrons. The van der Waals surface area contributed by atoms with Crippen LogP contribution in [-0.2, 0) is 28.6 Å². The summed E-state index contributed by atoms with van der Waals surface area (Å²) in [6.45, 7) is 6.46. The van der Waals surface area contributed by atoms with Crippen LogP contribution in [0.25, 0.3) is 0 Å². The molecule has 0 saturated carbocycles. The summed E-state index contributed by atoms with van der Waals surface area (Å²) < 4.78 is 16.8. The molecule has 0 aromatic carbocycles. The second kappa shape index (κ2) is 57.4. The van der Waals surface area contributed by atoms with E-state index >= 15 is 0 Å². The normalized spacial score (nSPS) is 12.6. The Morgan fingerprint density at radius 1 is 0.304 bits per heavy atom. The third-order valence-corrected chi connectivity index (χ3v) is 12.7. The molecule has 0 aromatic rings. The molecule has 1 atom stereocenters. The van der Waals surface area contributed by atoms with Gasteiger partial charge in [0.2, 0.25) is 0 Å². The Morgan fingerprint density at radius 3 is 0.899 bits per heavy atom. The van der Waals surface area contributed by atoms with E-state index in [1.165, 1.54) is 154 Å². The van der Waals surface area contributed by atoms with Crippen LogP contribution < -0.4 is 0 Å². The van der Waals surface area contributed by atoms with Crippen molar-refractivity contribution in [1.82, 2.24) is 0 Å². The van der Waals surface area contributed by atoms with Crippen molar-refractivity contribution in [2.45, 2.75) is 297 Å². The van der Waals surface area contributed by atoms with Crippen molar-refractivity contribution < 1.29 is 28.6 Å². The van der Waals surface area contributed by atoms with Crippen molar-refractivity contribution in [3.05, 3.63) is 72.9 Å². The minimum atomic E-state index is -0.775. The maximum Gasteiger partial charge on any atom is 0.306 e. The summed E-state index contributed by atoms with van der Waals surface area (Å²) in [5, 5.41) is 0. The number of hydrogen-bond acceptors (Lipinski definition) is 6. The standard InChI is InChI=1S/C63H110O6/c1-4-7-10-13-16-18-20-22-24-26-28-29-30-31-32-33-34-35-36-38-39-41-43-45-47-50-53-56-62(65)68-59-60(58-67-61(64)55-52-49-15-12-9-6-3)69-63(66)57-54-51-48-46-44-42-40-37-27-25-23-21-19-17-14-11-8-5-2/h7,10,16,18-19,21-22,24-25,27-29,60H,4-6,8-9,11-15,17,20,23,26,30-59H2,1-3H3/b10-7-,18-16-,21-19-,24-22-,27-25-,29-28-. The molecule has 6 nitrogen and oxygen atoms in total. The molecule has 6 heteroatoms. The van der Waals surface area contributed by atoms with Gasteiger partial charge in [-0.2, -0.15) is 0 Å². The highest BCUT2D eigenvalue weighted by Gasteiger charge is 2.19. The third-order valence-electron chi connectivity index (χ3n) is 12.7. The first-order chi connectivity index (χ1) is 34.0. The minimum absolute atomic E-state index is 0.0768. The van der Waals surface area contributed by atoms with E-state index in [0.29, 0.717) is 19.3 Å². The Morgan fingerprint density at radius 2 is 0.565 bits per heavy atom. The number of carbonyl (C=O) groups is 3. The Balaban J connectivity index is 4.09. The van der Waals surface area contributed by atoms with Gasteiger partial charge in [0.05, 0.1) is 0 Å². The van der Waals surface area contributed by atoms with E-state index in [1.54, 1.807) is 0 Å². The molecule has 0 amide bonds. The maximum absolute atomic E-state index is 12.8. The molecule has 0 aliphatic carbocycles. The van der Waals surface area contributed by atoms with E-state index in [9.17, 15) is 14.4 Å². The van der Waals surface area contributed by atoms with Gasteiger partial charge in [-0.3, -0.25) is 14.4 Å². The zero-order valence-electron chi connectivity index (χ0n) is 45.6. The number of hydrogen-bond donors (Lipinski definition) is 0. The average molecular weight is 964 g/mol. The molecule has 0 aliphatic rings. The van der Waals surface area contributed by atoms with Crippen molar-refractivity contribution in [2.24, 2.45) is 0 Å². The topological polar surface area (TPSA) is 78.9 Å². The van der Waals surface area contributed by atoms with Gasteiger partial charge in [-0.25, -0.2) is 0 Å². The van der Waals surface area contributed by atoms with Crippen molar-refractivity contribution in [1.29, 1.82) is 0 Å². The Kier molecular flexibility index (Phi) is 54.8. The highest BCUT2D eigenvalue weighted by atomic mass is 16.6. The number of carbonyl (C=O) groups excluding carboxylic acids is 3. The quantitative estimate of drug-likeness (QED) is 0.0262. The second-order valence-corrected chi connectivity index (χ2v) is 19.5. The van der Waals surface area contributed by atoms with Gasteiger partial charge in [0, 0.05) is 19.3 Å². The predicted octanol–water partition coefficient (Wildman–Crippen LogP) is 19.8. The van der Waals surface area contributed by atoms with Crippen molar-refractivity contribution in [2.75, 3.05) is 13.2 Å². The molecule has 0 aliphatic heterocycles. The van der Waals surface area contributed by atoms with Crippen LogP contribution in [0.2, 0.25) is 0 Å². The van der Waals surface area contributed by atoms with Gasteiger partial charge in [0.25, 0.3) is 0 Å². The molecule has 69 heavy (non-hydrogen) atoms. The zero-order valence-corrected chi connectivity index (χ0v) is 45.6. The summed E-state index contributed by atoms with van der Waals surface area (Å²) in [5.74, 6) is -0.886. The van der Waals surface area contributed by atoms with E-state index in [2.05, 4.69) is 93.7 Å². The highest BCUT2D eigenvalue weighted by molar-refractivity contribution is 5.71. The molecule has 0 saturated heterocycles. The smallest absolute Gasteiger partial charge is 0.306 e. The third kappa shape index (κ3) is 55.6. The van der Waals surface area contributed by atoms with Crippen LogP contribution in [0.4, 0.5) is 0 Å². The fraction of sp³-hybridized carbons (Fsp3) is 0.762. The average Bonchev–Trinajstić information content (AvgIpc) is 3.35. The lowest BCUT2D eigenvalue weighted by atomic mass is 10.0. The minimum Gasteiger partial charge on any atom is -0.462 e. The van der Waals surface area contributed by atoms with E-state index in [0.717, 1.165) is 96.3 Å². The number of allylic oxidation sites excluding steroid dienone is 12. The Labute approximate surface area is 427 Å². The van der Waals surface area contributed by atoms with E-state index in [1.807, 2.05) is 0 Å². The molecular weight excluding hydrogens is 853 g/mol. The first-order valence-corrected chi connectivity index (χ1v) is 29.4. The number of rotatable bonds is 53. The molecule has 0 spiro atoms. The number of esters is 3. The van der Waals surface area contributed by atoms with Crippen LogP contribution in [0.1, 0.15) is 290 Å². The molecule has 0 fully saturated rings. The number of unbranched alkanes of at least 4 members (excludes halogenated alkanes) is 30. The van der Waals surface area contributed by atoms with Crippen molar-refractivity contribution in [3.63, 3.8) is 0 Å². The van der Waals surface area contributed by atoms with Gasteiger partial charge in [0.15, 0.2) is 6.10 Å². The summed E-state index contributed by atoms with van der Waals surface area (Å²) in [6, 6.07) is 0. The summed E-state index contributed by atoms with van der Waals surface area (Å²) in [4.78, 5) is 37.9. The SMILES string of the molecule is CC/C=C\C/C=C\C/C=C\C/C=C\CCCCCCCCCCCCCCCCC(=O)OCC(COC(=O)CCCCCCCC)OC(=O)CCCCCCCCC/C=C\C/C=C\CCCCCC. The van der Waals surface area contributed by atoms with E-state index in [4.69, 9.17) is 14.2 Å². The summed E-state index contributed by atoms with van der Waals surface area (Å²) >= 11 is 0. The van der Waals surface area contributed by atoms with Crippen LogP contribution >= 0.6 is 0 Å². The van der Waals surface area contributed by atoms with Crippen molar-refractivity contribution in [3.8, 4) is 0 Å². The zero-order chi connectivity index (χ0) is 50.0. The monoisotopic (exact) mass is 963 g/mol. The first-order valence-electron chi connectivity index (χ1n) is 29.4. The van der Waals surface area contributed by atoms with Crippen LogP contribution in [0.3, 0.4) is 0 Å². The Bertz CT molecular complexity index is 1290. The molecular formula is C63H110O6. The highest BCUT2D eigenvalue weighted by Crippen LogP contribution is 2.16. The van der Waals surface area contributed by atoms with Gasteiger partial charge in [-0.15, -0.1) is 0 Å². The maximum atomic E-state index is 12.8. The van der Waals surface area contributed by atoms with Gasteiger partial charge < -0.3 is 14.2 Å². The van der Waals surface area contributed by atoms with Gasteiger partial charge >= 0.3 is 17.9 Å². The molecule has 1 unspecified atom stereocenters. The van der Waals surface area contributed by atoms with E-state index in [-0.39, 0.29) is 31.1 Å². The predicted molar refractivity (Wildman–Crippen MR) is 298 cm³/mol. The summed E-state index contributed by atoms with van der Waals surface area (Å²) in [6.07, 6.45) is 73.6. The first kappa shape index (κ1) is 65.8. The van der Waals surface area contributed by atoms with Gasteiger partial charge in [0.1, 0.15) is 13.2 Å². The molecule has 0 aromatic heterocycles. The molecule has 0 radical (unpaired) electrons. The second-order valence-electron chi connectivity index (χ2n) is 19.5. The lowest BCUT2D eigenvalue weighted by molar-refractivity contribution is -0.167. The fourth-order valence-corrected chi connectivity index (χ4v) is 8.29. The van der Waals surface area contributed by atoms with Crippen LogP contribution in [0.5, 0.6) is 0 Å². The molecule has 0 heterocycles. The van der Waals surface area contributed by atoms with Crippen LogP contribution in [-0.4, -0.2) is 37.2 Å². The lowest BCUT2D eigenvalue weighted by Gasteiger charge is -2.18. The lowest BCUT2D eigenvalue weighted by Crippen LogP contribution is -2.30. The summed E-state index contributed by atoms with van der Waals surface area (Å²) in [5.41, 5.74) is 0. The van der Waals surface area contributed by atoms with Crippen LogP contribution in [0.15, 0.2) is 72.9 Å².